The summed E-state index contributed by atoms with van der Waals surface area (Å²) in [5.41, 5.74) is 1.01. The maximum absolute atomic E-state index is 10.1. The van der Waals surface area contributed by atoms with Crippen LogP contribution in [0, 0.1) is 0 Å². The SMILES string of the molecule is CNC.COc1ccc(CC=O)cc1. The van der Waals surface area contributed by atoms with E-state index in [1.165, 1.54) is 0 Å². The Bertz CT molecular complexity index is 244. The van der Waals surface area contributed by atoms with Gasteiger partial charge in [-0.25, -0.2) is 0 Å². The number of methoxy groups -OCH3 is 1. The van der Waals surface area contributed by atoms with Crippen molar-refractivity contribution in [1.29, 1.82) is 0 Å². The van der Waals surface area contributed by atoms with Crippen molar-refractivity contribution < 1.29 is 9.53 Å². The van der Waals surface area contributed by atoms with Crippen molar-refractivity contribution in [3.8, 4) is 5.75 Å². The third-order valence-corrected chi connectivity index (χ3v) is 1.48. The summed E-state index contributed by atoms with van der Waals surface area (Å²) in [5.74, 6) is 0.819. The molecule has 3 heteroatoms. The Kier molecular flexibility index (Phi) is 7.46. The zero-order valence-corrected chi connectivity index (χ0v) is 8.91. The van der Waals surface area contributed by atoms with Crippen molar-refractivity contribution in [2.75, 3.05) is 21.2 Å². The smallest absolute Gasteiger partial charge is 0.124 e. The van der Waals surface area contributed by atoms with Gasteiger partial charge in [0, 0.05) is 6.42 Å². The zero-order chi connectivity index (χ0) is 10.8. The van der Waals surface area contributed by atoms with Crippen molar-refractivity contribution >= 4 is 6.29 Å². The molecule has 1 rings (SSSR count). The molecule has 78 valence electrons. The molecule has 14 heavy (non-hydrogen) atoms. The molecule has 0 saturated carbocycles. The molecule has 0 aliphatic carbocycles. The molecule has 0 atom stereocenters. The van der Waals surface area contributed by atoms with Crippen LogP contribution in [0.4, 0.5) is 0 Å². The van der Waals surface area contributed by atoms with Gasteiger partial charge in [-0.2, -0.15) is 0 Å². The molecule has 0 saturated heterocycles. The predicted octanol–water partition coefficient (Wildman–Crippen LogP) is 1.27. The molecule has 0 heterocycles. The van der Waals surface area contributed by atoms with Crippen LogP contribution in [-0.2, 0) is 11.2 Å². The van der Waals surface area contributed by atoms with Crippen molar-refractivity contribution in [3.63, 3.8) is 0 Å². The second-order valence-electron chi connectivity index (χ2n) is 2.72. The standard InChI is InChI=1S/C9H10O2.C2H7N/c1-11-9-4-2-8(3-5-9)6-7-10;1-3-2/h2-5,7H,6H2,1H3;3H,1-2H3. The van der Waals surface area contributed by atoms with E-state index >= 15 is 0 Å². The molecule has 0 aliphatic heterocycles. The van der Waals surface area contributed by atoms with Gasteiger partial charge in [0.1, 0.15) is 12.0 Å². The molecule has 0 aliphatic rings. The fourth-order valence-electron chi connectivity index (χ4n) is 0.858. The summed E-state index contributed by atoms with van der Waals surface area (Å²) >= 11 is 0. The molecular weight excluding hydrogens is 178 g/mol. The number of ether oxygens (including phenoxy) is 1. The molecule has 0 aromatic heterocycles. The summed E-state index contributed by atoms with van der Waals surface area (Å²) in [5, 5.41) is 2.75. The Morgan fingerprint density at radius 1 is 1.29 bits per heavy atom. The minimum Gasteiger partial charge on any atom is -0.497 e. The molecular formula is C11H17NO2. The number of rotatable bonds is 3. The molecule has 0 radical (unpaired) electrons. The molecule has 1 aromatic carbocycles. The molecule has 0 spiro atoms. The summed E-state index contributed by atoms with van der Waals surface area (Å²) in [6.45, 7) is 0. The highest BCUT2D eigenvalue weighted by molar-refractivity contribution is 5.55. The number of hydrogen-bond donors (Lipinski definition) is 1. The Labute approximate surface area is 85.1 Å². The van der Waals surface area contributed by atoms with E-state index in [0.717, 1.165) is 17.6 Å². The normalized spacial score (nSPS) is 8.50. The van der Waals surface area contributed by atoms with Crippen LogP contribution in [0.3, 0.4) is 0 Å². The van der Waals surface area contributed by atoms with Gasteiger partial charge in [0.2, 0.25) is 0 Å². The van der Waals surface area contributed by atoms with E-state index in [-0.39, 0.29) is 0 Å². The van der Waals surface area contributed by atoms with Crippen molar-refractivity contribution in [2.24, 2.45) is 0 Å². The van der Waals surface area contributed by atoms with Crippen molar-refractivity contribution in [1.82, 2.24) is 5.32 Å². The van der Waals surface area contributed by atoms with E-state index in [1.807, 2.05) is 38.4 Å². The Balaban J connectivity index is 0.000000500. The molecule has 0 amide bonds. The van der Waals surface area contributed by atoms with E-state index in [0.29, 0.717) is 6.42 Å². The lowest BCUT2D eigenvalue weighted by molar-refractivity contribution is -0.107. The number of aldehydes is 1. The molecule has 0 fully saturated rings. The van der Waals surface area contributed by atoms with E-state index in [2.05, 4.69) is 5.32 Å². The Morgan fingerprint density at radius 2 is 1.79 bits per heavy atom. The average Bonchev–Trinajstić information content (AvgIpc) is 2.21. The molecule has 1 aromatic rings. The first-order chi connectivity index (χ1) is 6.78. The summed E-state index contributed by atoms with van der Waals surface area (Å²) in [6.07, 6.45) is 1.37. The van der Waals surface area contributed by atoms with E-state index in [4.69, 9.17) is 4.74 Å². The van der Waals surface area contributed by atoms with Crippen LogP contribution in [0.1, 0.15) is 5.56 Å². The van der Waals surface area contributed by atoms with Crippen LogP contribution in [0.25, 0.3) is 0 Å². The first kappa shape index (κ1) is 12.7. The molecule has 1 N–H and O–H groups in total. The van der Waals surface area contributed by atoms with Crippen LogP contribution in [-0.4, -0.2) is 27.5 Å². The van der Waals surface area contributed by atoms with Gasteiger partial charge < -0.3 is 14.8 Å². The largest absolute Gasteiger partial charge is 0.497 e. The third-order valence-electron chi connectivity index (χ3n) is 1.48. The number of carbonyl (C=O) groups is 1. The first-order valence-corrected chi connectivity index (χ1v) is 4.43. The first-order valence-electron chi connectivity index (χ1n) is 4.43. The van der Waals surface area contributed by atoms with Crippen LogP contribution in [0.2, 0.25) is 0 Å². The lowest BCUT2D eigenvalue weighted by Crippen LogP contribution is -1.89. The minimum absolute atomic E-state index is 0.476. The van der Waals surface area contributed by atoms with E-state index < -0.39 is 0 Å². The third kappa shape index (κ3) is 5.32. The lowest BCUT2D eigenvalue weighted by Gasteiger charge is -1.98. The van der Waals surface area contributed by atoms with Crippen LogP contribution >= 0.6 is 0 Å². The number of benzene rings is 1. The van der Waals surface area contributed by atoms with Gasteiger partial charge in [0.15, 0.2) is 0 Å². The van der Waals surface area contributed by atoms with E-state index in [1.54, 1.807) is 7.11 Å². The van der Waals surface area contributed by atoms with Gasteiger partial charge in [0.05, 0.1) is 7.11 Å². The van der Waals surface area contributed by atoms with Gasteiger partial charge in [-0.1, -0.05) is 12.1 Å². The second-order valence-corrected chi connectivity index (χ2v) is 2.72. The summed E-state index contributed by atoms with van der Waals surface area (Å²) in [4.78, 5) is 10.1. The summed E-state index contributed by atoms with van der Waals surface area (Å²) in [7, 11) is 5.37. The van der Waals surface area contributed by atoms with Gasteiger partial charge in [-0.05, 0) is 31.8 Å². The van der Waals surface area contributed by atoms with Crippen LogP contribution < -0.4 is 10.1 Å². The van der Waals surface area contributed by atoms with E-state index in [9.17, 15) is 4.79 Å². The number of carbonyl (C=O) groups excluding carboxylic acids is 1. The fraction of sp³-hybridized carbons (Fsp3) is 0.364. The quantitative estimate of drug-likeness (QED) is 0.738. The number of nitrogens with one attached hydrogen (secondary N) is 1. The second kappa shape index (κ2) is 8.26. The summed E-state index contributed by atoms with van der Waals surface area (Å²) < 4.78 is 4.96. The van der Waals surface area contributed by atoms with Crippen molar-refractivity contribution in [2.45, 2.75) is 6.42 Å². The van der Waals surface area contributed by atoms with Crippen LogP contribution in [0.15, 0.2) is 24.3 Å². The van der Waals surface area contributed by atoms with Gasteiger partial charge in [0.25, 0.3) is 0 Å². The van der Waals surface area contributed by atoms with Gasteiger partial charge >= 0.3 is 0 Å². The Morgan fingerprint density at radius 3 is 2.14 bits per heavy atom. The van der Waals surface area contributed by atoms with Gasteiger partial charge in [-0.3, -0.25) is 0 Å². The molecule has 0 bridgehead atoms. The molecule has 0 unspecified atom stereocenters. The predicted molar refractivity (Wildman–Crippen MR) is 57.7 cm³/mol. The topological polar surface area (TPSA) is 38.3 Å². The highest BCUT2D eigenvalue weighted by Crippen LogP contribution is 2.10. The van der Waals surface area contributed by atoms with Crippen molar-refractivity contribution in [3.05, 3.63) is 29.8 Å². The maximum atomic E-state index is 10.1. The monoisotopic (exact) mass is 195 g/mol. The lowest BCUT2D eigenvalue weighted by atomic mass is 10.2. The van der Waals surface area contributed by atoms with Gasteiger partial charge in [-0.15, -0.1) is 0 Å². The average molecular weight is 195 g/mol. The summed E-state index contributed by atoms with van der Waals surface area (Å²) in [6, 6.07) is 7.46. The maximum Gasteiger partial charge on any atom is 0.124 e. The highest BCUT2D eigenvalue weighted by Gasteiger charge is 1.91. The molecule has 3 nitrogen and oxygen atoms in total. The number of hydrogen-bond acceptors (Lipinski definition) is 3. The van der Waals surface area contributed by atoms with Crippen LogP contribution in [0.5, 0.6) is 5.75 Å². The fourth-order valence-corrected chi connectivity index (χ4v) is 0.858. The minimum atomic E-state index is 0.476. The Hall–Kier alpha value is -1.35. The zero-order valence-electron chi connectivity index (χ0n) is 8.91. The highest BCUT2D eigenvalue weighted by atomic mass is 16.5.